The van der Waals surface area contributed by atoms with Crippen LogP contribution < -0.4 is 10.2 Å². The van der Waals surface area contributed by atoms with Crippen molar-refractivity contribution < 1.29 is 9.59 Å². The van der Waals surface area contributed by atoms with Gasteiger partial charge in [0.2, 0.25) is 0 Å². The summed E-state index contributed by atoms with van der Waals surface area (Å²) in [4.78, 5) is 28.9. The lowest BCUT2D eigenvalue weighted by Gasteiger charge is -2.20. The summed E-state index contributed by atoms with van der Waals surface area (Å²) in [5.74, 6) is -0.0569. The van der Waals surface area contributed by atoms with Crippen molar-refractivity contribution in [2.24, 2.45) is 0 Å². The van der Waals surface area contributed by atoms with Gasteiger partial charge in [-0.05, 0) is 66.4 Å². The molecule has 0 saturated heterocycles. The highest BCUT2D eigenvalue weighted by Crippen LogP contribution is 2.31. The van der Waals surface area contributed by atoms with Crippen molar-refractivity contribution in [3.8, 4) is 0 Å². The molecule has 1 unspecified atom stereocenters. The predicted octanol–water partition coefficient (Wildman–Crippen LogP) is 5.53. The number of hydrogen-bond donors (Lipinski definition) is 1. The van der Waals surface area contributed by atoms with Crippen molar-refractivity contribution in [1.82, 2.24) is 4.57 Å². The van der Waals surface area contributed by atoms with E-state index in [0.29, 0.717) is 11.1 Å². The number of aromatic nitrogens is 1. The number of anilines is 2. The molecule has 5 nitrogen and oxygen atoms in total. The van der Waals surface area contributed by atoms with Gasteiger partial charge in [-0.15, -0.1) is 11.3 Å². The van der Waals surface area contributed by atoms with Gasteiger partial charge in [-0.3, -0.25) is 9.59 Å². The first-order valence-electron chi connectivity index (χ1n) is 10.5. The summed E-state index contributed by atoms with van der Waals surface area (Å²) < 4.78 is 2.12. The smallest absolute Gasteiger partial charge is 0.259 e. The molecule has 4 aromatic rings. The summed E-state index contributed by atoms with van der Waals surface area (Å²) in [6.07, 6.45) is 2.01. The van der Waals surface area contributed by atoms with Gasteiger partial charge in [-0.1, -0.05) is 18.2 Å². The number of hydrogen-bond acceptors (Lipinski definition) is 4. The summed E-state index contributed by atoms with van der Waals surface area (Å²) >= 11 is 1.56. The number of aryl methyl sites for hydroxylation is 1. The van der Waals surface area contributed by atoms with Gasteiger partial charge < -0.3 is 14.8 Å². The van der Waals surface area contributed by atoms with E-state index < -0.39 is 6.04 Å². The van der Waals surface area contributed by atoms with E-state index in [1.54, 1.807) is 35.4 Å². The molecule has 1 N–H and O–H groups in total. The van der Waals surface area contributed by atoms with Gasteiger partial charge in [0.1, 0.15) is 6.04 Å². The highest BCUT2D eigenvalue weighted by molar-refractivity contribution is 7.10. The number of nitrogens with zero attached hydrogens (tertiary/aromatic N) is 2. The molecule has 1 aliphatic heterocycles. The predicted molar refractivity (Wildman–Crippen MR) is 129 cm³/mol. The van der Waals surface area contributed by atoms with Crippen LogP contribution in [0.1, 0.15) is 42.9 Å². The van der Waals surface area contributed by atoms with Crippen molar-refractivity contribution in [2.45, 2.75) is 19.5 Å². The molecule has 1 amide bonds. The number of fused-ring (bicyclic) bond motifs is 2. The molecule has 1 atom stereocenters. The Bertz CT molecular complexity index is 1300. The molecule has 0 fully saturated rings. The Balaban J connectivity index is 1.42. The minimum Gasteiger partial charge on any atom is -0.370 e. The Labute approximate surface area is 190 Å². The van der Waals surface area contributed by atoms with Crippen molar-refractivity contribution in [1.29, 1.82) is 0 Å². The molecule has 0 saturated carbocycles. The SMILES string of the molecule is Cc1sccc1C(=O)N(C)c1ccc(C(=O)C2Nc3ccccc3Cn3cccc32)cc1. The Kier molecular flexibility index (Phi) is 5.15. The van der Waals surface area contributed by atoms with Gasteiger partial charge in [-0.2, -0.15) is 0 Å². The normalized spacial score (nSPS) is 14.6. The third kappa shape index (κ3) is 3.52. The van der Waals surface area contributed by atoms with E-state index in [1.807, 2.05) is 67.0 Å². The quantitative estimate of drug-likeness (QED) is 0.424. The van der Waals surface area contributed by atoms with E-state index in [4.69, 9.17) is 0 Å². The molecule has 0 bridgehead atoms. The number of rotatable bonds is 4. The van der Waals surface area contributed by atoms with E-state index in [2.05, 4.69) is 16.0 Å². The van der Waals surface area contributed by atoms with Gasteiger partial charge in [0.15, 0.2) is 5.78 Å². The topological polar surface area (TPSA) is 54.3 Å². The number of carbonyl (C=O) groups is 2. The van der Waals surface area contributed by atoms with Gasteiger partial charge in [0.05, 0.1) is 5.56 Å². The molecule has 160 valence electrons. The number of Topliss-reactive ketones (excluding diaryl/α,β-unsaturated/α-hetero) is 1. The first-order valence-corrected chi connectivity index (χ1v) is 11.4. The van der Waals surface area contributed by atoms with Crippen LogP contribution in [0.3, 0.4) is 0 Å². The van der Waals surface area contributed by atoms with Crippen molar-refractivity contribution >= 4 is 34.4 Å². The number of carbonyl (C=O) groups excluding carboxylic acids is 2. The average Bonchev–Trinajstić information content (AvgIpc) is 3.42. The van der Waals surface area contributed by atoms with Crippen LogP contribution in [0.15, 0.2) is 78.3 Å². The van der Waals surface area contributed by atoms with E-state index in [-0.39, 0.29) is 11.7 Å². The van der Waals surface area contributed by atoms with Gasteiger partial charge in [-0.25, -0.2) is 0 Å². The molecular weight excluding hydrogens is 418 g/mol. The lowest BCUT2D eigenvalue weighted by atomic mass is 10.0. The summed E-state index contributed by atoms with van der Waals surface area (Å²) in [5, 5.41) is 5.37. The van der Waals surface area contributed by atoms with Gasteiger partial charge in [0.25, 0.3) is 5.91 Å². The van der Waals surface area contributed by atoms with Crippen LogP contribution >= 0.6 is 11.3 Å². The maximum atomic E-state index is 13.5. The zero-order valence-corrected chi connectivity index (χ0v) is 18.7. The molecule has 0 radical (unpaired) electrons. The summed E-state index contributed by atoms with van der Waals surface area (Å²) in [6.45, 7) is 2.67. The Morgan fingerprint density at radius 1 is 1.03 bits per heavy atom. The third-order valence-electron chi connectivity index (χ3n) is 6.01. The molecule has 3 heterocycles. The fourth-order valence-electron chi connectivity index (χ4n) is 4.17. The van der Waals surface area contributed by atoms with Crippen molar-refractivity contribution in [3.63, 3.8) is 0 Å². The average molecular weight is 442 g/mol. The monoisotopic (exact) mass is 441 g/mol. The fraction of sp³-hybridized carbons (Fsp3) is 0.154. The van der Waals surface area contributed by atoms with Crippen LogP contribution in [0.2, 0.25) is 0 Å². The Morgan fingerprint density at radius 3 is 2.56 bits per heavy atom. The number of benzene rings is 2. The molecule has 0 spiro atoms. The number of thiophene rings is 1. The maximum Gasteiger partial charge on any atom is 0.259 e. The largest absolute Gasteiger partial charge is 0.370 e. The van der Waals surface area contributed by atoms with Crippen molar-refractivity contribution in [3.05, 3.63) is 106 Å². The van der Waals surface area contributed by atoms with Crippen LogP contribution in [0.4, 0.5) is 11.4 Å². The lowest BCUT2D eigenvalue weighted by molar-refractivity contribution is 0.0966. The van der Waals surface area contributed by atoms with Crippen LogP contribution in [0.25, 0.3) is 0 Å². The summed E-state index contributed by atoms with van der Waals surface area (Å²) in [5.41, 5.74) is 5.13. The van der Waals surface area contributed by atoms with Crippen LogP contribution in [-0.4, -0.2) is 23.3 Å². The second-order valence-corrected chi connectivity index (χ2v) is 9.08. The van der Waals surface area contributed by atoms with Crippen LogP contribution in [0, 0.1) is 6.92 Å². The molecule has 0 aliphatic carbocycles. The standard InChI is InChI=1S/C26H23N3O2S/c1-17-21(13-15-32-17)26(31)28(2)20-11-9-18(10-12-20)25(30)24-23-8-5-14-29(23)16-19-6-3-4-7-22(19)27-24/h3-15,24,27H,16H2,1-2H3. The molecule has 1 aliphatic rings. The lowest BCUT2D eigenvalue weighted by Crippen LogP contribution is -2.26. The summed E-state index contributed by atoms with van der Waals surface area (Å²) in [6, 6.07) is 20.7. The minimum atomic E-state index is -0.479. The molecule has 32 heavy (non-hydrogen) atoms. The Hall–Kier alpha value is -3.64. The summed E-state index contributed by atoms with van der Waals surface area (Å²) in [7, 11) is 1.76. The second-order valence-electron chi connectivity index (χ2n) is 7.96. The zero-order chi connectivity index (χ0) is 22.2. The number of nitrogens with one attached hydrogen (secondary N) is 1. The highest BCUT2D eigenvalue weighted by Gasteiger charge is 2.28. The highest BCUT2D eigenvalue weighted by atomic mass is 32.1. The molecule has 6 heteroatoms. The first kappa shape index (κ1) is 20.3. The van der Waals surface area contributed by atoms with E-state index in [9.17, 15) is 9.59 Å². The Morgan fingerprint density at radius 2 is 1.81 bits per heavy atom. The van der Waals surface area contributed by atoms with Crippen molar-refractivity contribution in [2.75, 3.05) is 17.3 Å². The molecule has 5 rings (SSSR count). The van der Waals surface area contributed by atoms with E-state index >= 15 is 0 Å². The maximum absolute atomic E-state index is 13.5. The van der Waals surface area contributed by atoms with E-state index in [0.717, 1.165) is 34.1 Å². The van der Waals surface area contributed by atoms with Gasteiger partial charge >= 0.3 is 0 Å². The number of amides is 1. The minimum absolute atomic E-state index is 0.00383. The zero-order valence-electron chi connectivity index (χ0n) is 17.9. The first-order chi connectivity index (χ1) is 15.5. The third-order valence-corrected chi connectivity index (χ3v) is 6.86. The van der Waals surface area contributed by atoms with Crippen LogP contribution in [-0.2, 0) is 6.54 Å². The fourth-order valence-corrected chi connectivity index (χ4v) is 4.86. The molecule has 2 aromatic heterocycles. The van der Waals surface area contributed by atoms with Gasteiger partial charge in [0, 0.05) is 47.3 Å². The molecular formula is C26H23N3O2S. The number of ketones is 1. The van der Waals surface area contributed by atoms with Crippen LogP contribution in [0.5, 0.6) is 0 Å². The van der Waals surface area contributed by atoms with E-state index in [1.165, 1.54) is 0 Å². The second kappa shape index (κ2) is 8.13. The number of para-hydroxylation sites is 1. The molecule has 2 aromatic carbocycles.